The number of piperazine rings is 1. The third kappa shape index (κ3) is 4.26. The Kier molecular flexibility index (Phi) is 6.19. The molecule has 0 radical (unpaired) electrons. The molecule has 0 spiro atoms. The molecule has 0 unspecified atom stereocenters. The molecule has 3 heterocycles. The normalized spacial score (nSPS) is 14.4. The molecule has 0 saturated carbocycles. The van der Waals surface area contributed by atoms with E-state index in [2.05, 4.69) is 4.90 Å². The van der Waals surface area contributed by atoms with E-state index in [1.165, 1.54) is 35.1 Å². The van der Waals surface area contributed by atoms with Crippen LogP contribution in [0.2, 0.25) is 0 Å². The van der Waals surface area contributed by atoms with E-state index in [1.54, 1.807) is 28.5 Å². The largest absolute Gasteiger partial charge is 0.383 e. The molecule has 1 aliphatic rings. The topological polar surface area (TPSA) is 76.8 Å². The number of carbonyl (C=O) groups excluding carboxylic acids is 1. The Morgan fingerprint density at radius 1 is 1.06 bits per heavy atom. The zero-order chi connectivity index (χ0) is 22.0. The van der Waals surface area contributed by atoms with Gasteiger partial charge in [0.25, 0.3) is 5.56 Å². The number of methoxy groups -OCH3 is 1. The predicted molar refractivity (Wildman–Crippen MR) is 117 cm³/mol. The molecule has 0 aliphatic carbocycles. The van der Waals surface area contributed by atoms with Gasteiger partial charge >= 0.3 is 5.69 Å². The van der Waals surface area contributed by atoms with Crippen molar-refractivity contribution >= 4 is 33.1 Å². The summed E-state index contributed by atoms with van der Waals surface area (Å²) in [4.78, 5) is 42.4. The number of carbonyl (C=O) groups is 1. The van der Waals surface area contributed by atoms with Gasteiger partial charge in [-0.3, -0.25) is 18.7 Å². The van der Waals surface area contributed by atoms with E-state index in [1.807, 2.05) is 0 Å². The number of ether oxygens (including phenoxy) is 1. The highest BCUT2D eigenvalue weighted by atomic mass is 32.1. The van der Waals surface area contributed by atoms with Crippen LogP contribution in [0, 0.1) is 5.82 Å². The van der Waals surface area contributed by atoms with Crippen LogP contribution in [0.4, 0.5) is 10.1 Å². The number of rotatable bonds is 6. The number of halogens is 1. The summed E-state index contributed by atoms with van der Waals surface area (Å²) >= 11 is 1.25. The zero-order valence-electron chi connectivity index (χ0n) is 17.1. The van der Waals surface area contributed by atoms with Gasteiger partial charge in [0.2, 0.25) is 5.91 Å². The Morgan fingerprint density at radius 2 is 1.77 bits per heavy atom. The minimum absolute atomic E-state index is 0.129. The summed E-state index contributed by atoms with van der Waals surface area (Å²) in [6.07, 6.45) is 0. The van der Waals surface area contributed by atoms with Gasteiger partial charge in [0.1, 0.15) is 17.1 Å². The van der Waals surface area contributed by atoms with Crippen LogP contribution in [0.5, 0.6) is 0 Å². The highest BCUT2D eigenvalue weighted by molar-refractivity contribution is 7.17. The number of hydrogen-bond donors (Lipinski definition) is 0. The summed E-state index contributed by atoms with van der Waals surface area (Å²) < 4.78 is 21.1. The average molecular weight is 447 g/mol. The molecule has 4 rings (SSSR count). The maximum atomic E-state index is 13.1. The van der Waals surface area contributed by atoms with E-state index < -0.39 is 5.69 Å². The van der Waals surface area contributed by atoms with Crippen LogP contribution in [-0.2, 0) is 22.6 Å². The van der Waals surface area contributed by atoms with Gasteiger partial charge in [0.15, 0.2) is 0 Å². The number of fused-ring (bicyclic) bond motifs is 1. The Bertz CT molecular complexity index is 1190. The maximum Gasteiger partial charge on any atom is 0.332 e. The molecule has 1 aromatic carbocycles. The van der Waals surface area contributed by atoms with Gasteiger partial charge in [-0.05, 0) is 35.7 Å². The van der Waals surface area contributed by atoms with Gasteiger partial charge in [0, 0.05) is 39.0 Å². The van der Waals surface area contributed by atoms with Crippen molar-refractivity contribution < 1.29 is 13.9 Å². The highest BCUT2D eigenvalue weighted by Gasteiger charge is 2.23. The van der Waals surface area contributed by atoms with Crippen LogP contribution in [0.25, 0.3) is 10.2 Å². The lowest BCUT2D eigenvalue weighted by molar-refractivity contribution is -0.132. The molecule has 1 fully saturated rings. The molecule has 1 aliphatic heterocycles. The SMILES string of the molecule is COCCn1c(=O)c2sccc2n(CC(=O)N2CCN(c3ccc(F)cc3)CC2)c1=O. The number of nitrogens with zero attached hydrogens (tertiary/aromatic N) is 4. The van der Waals surface area contributed by atoms with Crippen molar-refractivity contribution in [3.63, 3.8) is 0 Å². The van der Waals surface area contributed by atoms with Gasteiger partial charge in [-0.15, -0.1) is 11.3 Å². The fraction of sp³-hybridized carbons (Fsp3) is 0.381. The Hall–Kier alpha value is -2.98. The number of hydrogen-bond acceptors (Lipinski definition) is 6. The molecule has 1 amide bonds. The van der Waals surface area contributed by atoms with E-state index >= 15 is 0 Å². The summed E-state index contributed by atoms with van der Waals surface area (Å²) in [5, 5.41) is 1.74. The molecule has 2 aromatic heterocycles. The third-order valence-electron chi connectivity index (χ3n) is 5.47. The van der Waals surface area contributed by atoms with Crippen LogP contribution < -0.4 is 16.1 Å². The molecule has 8 nitrogen and oxygen atoms in total. The van der Waals surface area contributed by atoms with Gasteiger partial charge < -0.3 is 14.5 Å². The minimum Gasteiger partial charge on any atom is -0.383 e. The van der Waals surface area contributed by atoms with E-state index in [0.717, 1.165) is 10.3 Å². The lowest BCUT2D eigenvalue weighted by atomic mass is 10.2. The fourth-order valence-electron chi connectivity index (χ4n) is 3.77. The van der Waals surface area contributed by atoms with Crippen molar-refractivity contribution in [3.05, 3.63) is 62.4 Å². The molecule has 1 saturated heterocycles. The lowest BCUT2D eigenvalue weighted by Crippen LogP contribution is -2.50. The van der Waals surface area contributed by atoms with Crippen molar-refractivity contribution in [1.29, 1.82) is 0 Å². The summed E-state index contributed by atoms with van der Waals surface area (Å²) in [5.74, 6) is -0.458. The van der Waals surface area contributed by atoms with E-state index in [4.69, 9.17) is 4.74 Å². The quantitative estimate of drug-likeness (QED) is 0.572. The molecule has 0 atom stereocenters. The molecule has 10 heteroatoms. The average Bonchev–Trinajstić information content (AvgIpc) is 3.27. The van der Waals surface area contributed by atoms with E-state index in [-0.39, 0.29) is 37.0 Å². The van der Waals surface area contributed by atoms with Crippen molar-refractivity contribution in [2.45, 2.75) is 13.1 Å². The number of aromatic nitrogens is 2. The minimum atomic E-state index is -0.508. The molecule has 164 valence electrons. The smallest absolute Gasteiger partial charge is 0.332 e. The fourth-order valence-corrected chi connectivity index (χ4v) is 4.61. The number of amides is 1. The second kappa shape index (κ2) is 9.03. The molecule has 3 aromatic rings. The summed E-state index contributed by atoms with van der Waals surface area (Å²) in [5.41, 5.74) is 0.525. The maximum absolute atomic E-state index is 13.1. The Morgan fingerprint density at radius 3 is 2.45 bits per heavy atom. The van der Waals surface area contributed by atoms with Crippen molar-refractivity contribution in [1.82, 2.24) is 14.0 Å². The first-order valence-electron chi connectivity index (χ1n) is 9.97. The summed E-state index contributed by atoms with van der Waals surface area (Å²) in [7, 11) is 1.50. The molecular weight excluding hydrogens is 423 g/mol. The first kappa shape index (κ1) is 21.3. The van der Waals surface area contributed by atoms with Gasteiger partial charge in [0.05, 0.1) is 18.7 Å². The molecule has 0 N–H and O–H groups in total. The Labute approximate surface area is 181 Å². The van der Waals surface area contributed by atoms with Crippen LogP contribution in [-0.4, -0.2) is 59.8 Å². The van der Waals surface area contributed by atoms with Gasteiger partial charge in [-0.2, -0.15) is 0 Å². The van der Waals surface area contributed by atoms with Crippen LogP contribution >= 0.6 is 11.3 Å². The van der Waals surface area contributed by atoms with E-state index in [9.17, 15) is 18.8 Å². The highest BCUT2D eigenvalue weighted by Crippen LogP contribution is 2.18. The molecular formula is C21H23FN4O4S. The molecule has 31 heavy (non-hydrogen) atoms. The number of thiophene rings is 1. The second-order valence-electron chi connectivity index (χ2n) is 7.30. The van der Waals surface area contributed by atoms with Crippen LogP contribution in [0.3, 0.4) is 0 Å². The first-order valence-corrected chi connectivity index (χ1v) is 10.9. The standard InChI is InChI=1S/C21H23FN4O4S/c1-30-12-11-25-20(28)19-17(6-13-31-19)26(21(25)29)14-18(27)24-9-7-23(8-10-24)16-4-2-15(22)3-5-16/h2-6,13H,7-12,14H2,1H3. The summed E-state index contributed by atoms with van der Waals surface area (Å²) in [6, 6.07) is 7.99. The van der Waals surface area contributed by atoms with Crippen molar-refractivity contribution in [3.8, 4) is 0 Å². The zero-order valence-corrected chi connectivity index (χ0v) is 17.9. The monoisotopic (exact) mass is 446 g/mol. The van der Waals surface area contributed by atoms with E-state index in [0.29, 0.717) is 36.4 Å². The second-order valence-corrected chi connectivity index (χ2v) is 8.21. The number of benzene rings is 1. The summed E-state index contributed by atoms with van der Waals surface area (Å²) in [6.45, 7) is 2.47. The lowest BCUT2D eigenvalue weighted by Gasteiger charge is -2.36. The van der Waals surface area contributed by atoms with Gasteiger partial charge in [-0.25, -0.2) is 9.18 Å². The van der Waals surface area contributed by atoms with Crippen LogP contribution in [0.15, 0.2) is 45.3 Å². The Balaban J connectivity index is 1.51. The first-order chi connectivity index (χ1) is 15.0. The van der Waals surface area contributed by atoms with Crippen molar-refractivity contribution in [2.24, 2.45) is 0 Å². The van der Waals surface area contributed by atoms with Crippen LogP contribution in [0.1, 0.15) is 0 Å². The van der Waals surface area contributed by atoms with Crippen molar-refractivity contribution in [2.75, 3.05) is 44.8 Å². The van der Waals surface area contributed by atoms with Gasteiger partial charge in [-0.1, -0.05) is 0 Å². The third-order valence-corrected chi connectivity index (χ3v) is 6.36. The predicted octanol–water partition coefficient (Wildman–Crippen LogP) is 1.36. The number of anilines is 1. The molecule has 0 bridgehead atoms.